The number of aromatic carboxylic acids is 1. The summed E-state index contributed by atoms with van der Waals surface area (Å²) < 4.78 is 21.2. The summed E-state index contributed by atoms with van der Waals surface area (Å²) in [5.74, 6) is -2.42. The van der Waals surface area contributed by atoms with E-state index in [2.05, 4.69) is 29.5 Å². The number of benzene rings is 2. The first-order valence-electron chi connectivity index (χ1n) is 18.6. The normalized spacial score (nSPS) is 24.5. The van der Waals surface area contributed by atoms with Gasteiger partial charge in [0.05, 0.1) is 29.4 Å². The van der Waals surface area contributed by atoms with Gasteiger partial charge in [0.2, 0.25) is 5.79 Å². The van der Waals surface area contributed by atoms with Gasteiger partial charge in [-0.3, -0.25) is 10.1 Å². The topological polar surface area (TPSA) is 201 Å². The van der Waals surface area contributed by atoms with Crippen molar-refractivity contribution in [3.8, 4) is 11.5 Å². The molecule has 3 N–H and O–H groups in total. The van der Waals surface area contributed by atoms with Gasteiger partial charge in [0.15, 0.2) is 5.69 Å². The predicted molar refractivity (Wildman–Crippen MR) is 201 cm³/mol. The summed E-state index contributed by atoms with van der Waals surface area (Å²) >= 11 is 0. The number of allylic oxidation sites excluding steroid dienone is 1. The molecule has 2 aliphatic carbocycles. The van der Waals surface area contributed by atoms with E-state index in [1.165, 1.54) is 23.0 Å². The summed E-state index contributed by atoms with van der Waals surface area (Å²) in [6.07, 6.45) is 11.1. The fourth-order valence-corrected chi connectivity index (χ4v) is 8.35. The lowest BCUT2D eigenvalue weighted by Gasteiger charge is -2.58. The van der Waals surface area contributed by atoms with E-state index in [1.807, 2.05) is 18.2 Å². The lowest BCUT2D eigenvalue weighted by molar-refractivity contribution is -0.384. The van der Waals surface area contributed by atoms with Crippen molar-refractivity contribution in [3.63, 3.8) is 0 Å². The molecule has 0 saturated heterocycles. The van der Waals surface area contributed by atoms with Crippen LogP contribution in [0, 0.1) is 27.9 Å². The van der Waals surface area contributed by atoms with Gasteiger partial charge in [0.25, 0.3) is 5.69 Å². The molecular formula is C40H47N5O10. The molecule has 0 bridgehead atoms. The maximum absolute atomic E-state index is 12.6. The van der Waals surface area contributed by atoms with Crippen LogP contribution >= 0.6 is 0 Å². The number of nitro benzene ring substituents is 1. The highest BCUT2D eigenvalue weighted by Gasteiger charge is 2.65. The van der Waals surface area contributed by atoms with Crippen molar-refractivity contribution in [3.05, 3.63) is 113 Å². The number of hydrogen-bond donors (Lipinski definition) is 3. The average molecular weight is 758 g/mol. The molecule has 55 heavy (non-hydrogen) atoms. The number of carboxylic acid groups (broad SMARTS) is 1. The van der Waals surface area contributed by atoms with Gasteiger partial charge in [-0.15, -0.1) is 11.7 Å². The van der Waals surface area contributed by atoms with Gasteiger partial charge in [-0.1, -0.05) is 48.0 Å². The number of hydrogen-bond acceptors (Lipinski definition) is 12. The summed E-state index contributed by atoms with van der Waals surface area (Å²) in [6.45, 7) is 8.21. The molecule has 1 fully saturated rings. The van der Waals surface area contributed by atoms with Crippen LogP contribution in [0.5, 0.6) is 11.5 Å². The zero-order chi connectivity index (χ0) is 39.0. The Hall–Kier alpha value is -5.38. The van der Waals surface area contributed by atoms with Crippen LogP contribution in [0.25, 0.3) is 0 Å². The monoisotopic (exact) mass is 757 g/mol. The van der Waals surface area contributed by atoms with E-state index in [0.29, 0.717) is 42.2 Å². The van der Waals surface area contributed by atoms with Crippen molar-refractivity contribution in [1.82, 2.24) is 15.0 Å². The molecule has 3 aromatic rings. The summed E-state index contributed by atoms with van der Waals surface area (Å²) in [5, 5.41) is 54.0. The lowest BCUT2D eigenvalue weighted by Crippen LogP contribution is -2.63. The van der Waals surface area contributed by atoms with Crippen LogP contribution in [0.1, 0.15) is 78.5 Å². The van der Waals surface area contributed by atoms with Crippen LogP contribution in [0.15, 0.2) is 90.8 Å². The molecule has 1 aliphatic heterocycles. The van der Waals surface area contributed by atoms with Crippen molar-refractivity contribution in [1.29, 1.82) is 0 Å². The van der Waals surface area contributed by atoms with Gasteiger partial charge in [-0.05, 0) is 79.0 Å². The van der Waals surface area contributed by atoms with Crippen LogP contribution in [0.3, 0.4) is 0 Å². The van der Waals surface area contributed by atoms with Crippen molar-refractivity contribution in [2.24, 2.45) is 22.9 Å². The largest absolute Gasteiger partial charge is 0.490 e. The van der Waals surface area contributed by atoms with Gasteiger partial charge < -0.3 is 34.4 Å². The minimum Gasteiger partial charge on any atom is -0.490 e. The molecule has 2 aromatic carbocycles. The number of aliphatic hydroxyl groups excluding tert-OH is 2. The van der Waals surface area contributed by atoms with Crippen LogP contribution in [-0.4, -0.2) is 79.1 Å². The first-order chi connectivity index (χ1) is 26.8. The highest BCUT2D eigenvalue weighted by atomic mass is 16.7. The van der Waals surface area contributed by atoms with Crippen molar-refractivity contribution < 1.29 is 44.1 Å². The number of ether oxygens (including phenoxy) is 3. The Morgan fingerprint density at radius 2 is 1.82 bits per heavy atom. The number of aliphatic hydroxyl groups is 2. The Kier molecular flexibility index (Phi) is 12.8. The molecule has 3 aliphatic rings. The zero-order valence-corrected chi connectivity index (χ0v) is 30.6. The van der Waals surface area contributed by atoms with Crippen LogP contribution < -0.4 is 9.47 Å². The lowest BCUT2D eigenvalue weighted by atomic mass is 9.55. The number of oxime groups is 1. The third kappa shape index (κ3) is 8.19. The van der Waals surface area contributed by atoms with E-state index in [1.54, 1.807) is 24.3 Å². The molecule has 2 heterocycles. The maximum Gasteiger partial charge on any atom is 0.355 e. The molecular weight excluding hydrogens is 710 g/mol. The fraction of sp³-hybridized carbons (Fsp3) is 0.450. The number of nitrogens with zero attached hydrogens (tertiary/aromatic N) is 5. The van der Waals surface area contributed by atoms with Gasteiger partial charge in [-0.2, -0.15) is 0 Å². The number of carbonyl (C=O) groups is 1. The summed E-state index contributed by atoms with van der Waals surface area (Å²) in [7, 11) is 0. The summed E-state index contributed by atoms with van der Waals surface area (Å²) in [4.78, 5) is 29.3. The number of rotatable bonds is 20. The van der Waals surface area contributed by atoms with E-state index < -0.39 is 28.6 Å². The van der Waals surface area contributed by atoms with Gasteiger partial charge in [-0.25, -0.2) is 9.48 Å². The average Bonchev–Trinajstić information content (AvgIpc) is 3.68. The second kappa shape index (κ2) is 17.8. The predicted octanol–water partition coefficient (Wildman–Crippen LogP) is 6.16. The van der Waals surface area contributed by atoms with Crippen molar-refractivity contribution >= 4 is 17.4 Å². The SMILES string of the molecule is C=CCOc1ccc2c(c1)[C@H]1[C@H](CCCCO)[C@@H](CCCCO)C=C3C(=NOCc4ccc([N+](=O)[O-])cc4)C[C@H](n4nncc4C(=O)O)[C@@](OCC=C)(O2)[C@H]31. The molecule has 1 aromatic heterocycles. The van der Waals surface area contributed by atoms with E-state index in [0.717, 1.165) is 36.8 Å². The molecule has 15 heteroatoms. The summed E-state index contributed by atoms with van der Waals surface area (Å²) in [6, 6.07) is 10.8. The molecule has 0 amide bonds. The zero-order valence-electron chi connectivity index (χ0n) is 30.6. The number of unbranched alkanes of at least 4 members (excludes halogenated alkanes) is 2. The van der Waals surface area contributed by atoms with Crippen LogP contribution in [0.2, 0.25) is 0 Å². The molecule has 0 spiro atoms. The highest BCUT2D eigenvalue weighted by Crippen LogP contribution is 2.63. The Morgan fingerprint density at radius 1 is 1.07 bits per heavy atom. The smallest absolute Gasteiger partial charge is 0.355 e. The number of non-ortho nitro benzene ring substituents is 1. The van der Waals surface area contributed by atoms with E-state index in [9.17, 15) is 30.2 Å². The molecule has 6 atom stereocenters. The first-order valence-corrected chi connectivity index (χ1v) is 18.6. The second-order valence-electron chi connectivity index (χ2n) is 13.9. The molecule has 1 saturated carbocycles. The van der Waals surface area contributed by atoms with Gasteiger partial charge in [0.1, 0.15) is 30.8 Å². The molecule has 0 radical (unpaired) electrons. The van der Waals surface area contributed by atoms with E-state index in [-0.39, 0.29) is 62.0 Å². The first kappa shape index (κ1) is 39.3. The number of fused-ring (bicyclic) bond motifs is 2. The minimum absolute atomic E-state index is 0.00118. The van der Waals surface area contributed by atoms with Crippen LogP contribution in [-0.2, 0) is 16.2 Å². The number of aromatic nitrogens is 3. The maximum atomic E-state index is 12.6. The Morgan fingerprint density at radius 3 is 2.51 bits per heavy atom. The molecule has 15 nitrogen and oxygen atoms in total. The second-order valence-corrected chi connectivity index (χ2v) is 13.9. The Bertz CT molecular complexity index is 1910. The quantitative estimate of drug-likeness (QED) is 0.0514. The van der Waals surface area contributed by atoms with Crippen molar-refractivity contribution in [2.45, 2.75) is 69.3 Å². The van der Waals surface area contributed by atoms with Gasteiger partial charge in [0, 0.05) is 43.2 Å². The van der Waals surface area contributed by atoms with E-state index >= 15 is 0 Å². The van der Waals surface area contributed by atoms with Crippen LogP contribution in [0.4, 0.5) is 5.69 Å². The minimum atomic E-state index is -1.53. The standard InChI is InChI=1S/C40H47N5O10/c1-3-19-52-29-15-16-35-32(22-29)37-30(10-6-8-18-47)27(9-5-7-17-46)21-31-33(42-54-25-26-11-13-28(14-12-26)45(50)51)23-36(44-34(39(48)49)24-41-43-44)40(55-35,38(31)37)53-20-4-2/h3-4,11-16,21-22,24,27,30,36-38,46-47H,1-2,5-10,17-20,23,25H2,(H,48,49)/t27-,30+,36-,37+,38+,40+/m0/s1. The number of nitro groups is 1. The number of carboxylic acids is 1. The summed E-state index contributed by atoms with van der Waals surface area (Å²) in [5.41, 5.74) is 2.71. The fourth-order valence-electron chi connectivity index (χ4n) is 8.35. The molecule has 6 rings (SSSR count). The van der Waals surface area contributed by atoms with Gasteiger partial charge >= 0.3 is 5.97 Å². The Balaban J connectivity index is 1.56. The molecule has 292 valence electrons. The molecule has 0 unspecified atom stereocenters. The third-order valence-corrected chi connectivity index (χ3v) is 10.7. The third-order valence-electron chi connectivity index (χ3n) is 10.7. The van der Waals surface area contributed by atoms with E-state index in [4.69, 9.17) is 24.2 Å². The highest BCUT2D eigenvalue weighted by molar-refractivity contribution is 6.02. The van der Waals surface area contributed by atoms with Crippen molar-refractivity contribution in [2.75, 3.05) is 26.4 Å². The Labute approximate surface area is 318 Å².